The van der Waals surface area contributed by atoms with Gasteiger partial charge in [0.1, 0.15) is 23.2 Å². The van der Waals surface area contributed by atoms with Gasteiger partial charge in [-0.3, -0.25) is 19.1 Å². The van der Waals surface area contributed by atoms with Crippen LogP contribution in [-0.4, -0.2) is 32.1 Å². The van der Waals surface area contributed by atoms with Gasteiger partial charge in [-0.1, -0.05) is 29.3 Å². The Hall–Kier alpha value is -3.66. The molecule has 0 bridgehead atoms. The first-order valence-electron chi connectivity index (χ1n) is 13.2. The molecule has 9 nitrogen and oxygen atoms in total. The molecule has 2 N–H and O–H groups in total. The minimum absolute atomic E-state index is 0.187. The molecule has 4 heterocycles. The normalized spacial score (nSPS) is 16.1. The number of amides is 2. The molecule has 0 aliphatic carbocycles. The van der Waals surface area contributed by atoms with E-state index in [4.69, 9.17) is 4.74 Å². The van der Waals surface area contributed by atoms with Gasteiger partial charge in [0.25, 0.3) is 5.56 Å². The van der Waals surface area contributed by atoms with Gasteiger partial charge >= 0.3 is 6.09 Å². The van der Waals surface area contributed by atoms with E-state index in [0.29, 0.717) is 50.5 Å². The van der Waals surface area contributed by atoms with Gasteiger partial charge in [-0.15, -0.1) is 11.3 Å². The highest BCUT2D eigenvalue weighted by atomic mass is 32.1. The van der Waals surface area contributed by atoms with Crippen molar-refractivity contribution < 1.29 is 14.3 Å². The number of hydrogen-bond acceptors (Lipinski definition) is 7. The van der Waals surface area contributed by atoms with E-state index < -0.39 is 11.6 Å². The Morgan fingerprint density at radius 1 is 1.10 bits per heavy atom. The number of rotatable bonds is 6. The summed E-state index contributed by atoms with van der Waals surface area (Å²) in [7, 11) is 0. The van der Waals surface area contributed by atoms with Crippen LogP contribution < -0.4 is 16.2 Å². The van der Waals surface area contributed by atoms with Crippen LogP contribution in [0.2, 0.25) is 0 Å². The van der Waals surface area contributed by atoms with Crippen molar-refractivity contribution in [2.75, 3.05) is 5.32 Å². The van der Waals surface area contributed by atoms with Crippen molar-refractivity contribution in [3.8, 4) is 0 Å². The molecular weight excluding hydrogens is 514 g/mol. The maximum atomic E-state index is 13.3. The number of nitrogens with one attached hydrogen (secondary N) is 2. The lowest BCUT2D eigenvalue weighted by Gasteiger charge is -2.24. The molecule has 206 valence electrons. The predicted octanol–water partition coefficient (Wildman–Crippen LogP) is 4.59. The number of ether oxygens (including phenoxy) is 1. The van der Waals surface area contributed by atoms with Gasteiger partial charge in [0, 0.05) is 22.7 Å². The lowest BCUT2D eigenvalue weighted by Crippen LogP contribution is -2.36. The highest BCUT2D eigenvalue weighted by molar-refractivity contribution is 7.12. The SMILES string of the molecule is Cc1cc(C)cc(CNc2cnc3n(c2=O)C(C(=O)NCc2cc4c(s2)CN(C(=O)OC(C)(C)C)C4)CC3)c1. The van der Waals surface area contributed by atoms with Crippen molar-refractivity contribution in [1.29, 1.82) is 0 Å². The number of aryl methyl sites for hydroxylation is 3. The fourth-order valence-corrected chi connectivity index (χ4v) is 6.35. The molecule has 2 aliphatic heterocycles. The predicted molar refractivity (Wildman–Crippen MR) is 151 cm³/mol. The van der Waals surface area contributed by atoms with Gasteiger partial charge in [-0.05, 0) is 58.2 Å². The molecule has 1 atom stereocenters. The number of thiophene rings is 1. The van der Waals surface area contributed by atoms with E-state index in [1.165, 1.54) is 15.7 Å². The molecule has 0 spiro atoms. The summed E-state index contributed by atoms with van der Waals surface area (Å²) in [5.41, 5.74) is 4.15. The Bertz CT molecular complexity index is 1440. The van der Waals surface area contributed by atoms with Crippen LogP contribution in [0.15, 0.2) is 35.3 Å². The largest absolute Gasteiger partial charge is 0.444 e. The van der Waals surface area contributed by atoms with Crippen molar-refractivity contribution in [2.45, 2.75) is 85.3 Å². The van der Waals surface area contributed by atoms with Crippen molar-refractivity contribution in [3.05, 3.63) is 78.6 Å². The van der Waals surface area contributed by atoms with Crippen molar-refractivity contribution >= 4 is 29.0 Å². The second-order valence-electron chi connectivity index (χ2n) is 11.4. The maximum Gasteiger partial charge on any atom is 0.410 e. The molecular formula is C29H35N5O4S. The van der Waals surface area contributed by atoms with Gasteiger partial charge in [-0.25, -0.2) is 9.78 Å². The van der Waals surface area contributed by atoms with Crippen LogP contribution in [0, 0.1) is 13.8 Å². The van der Waals surface area contributed by atoms with Gasteiger partial charge in [-0.2, -0.15) is 0 Å². The first-order valence-corrected chi connectivity index (χ1v) is 14.1. The zero-order chi connectivity index (χ0) is 27.9. The first-order chi connectivity index (χ1) is 18.5. The number of anilines is 1. The van der Waals surface area contributed by atoms with Crippen LogP contribution in [0.4, 0.5) is 10.5 Å². The molecule has 2 aliphatic rings. The molecule has 0 saturated carbocycles. The molecule has 0 fully saturated rings. The molecule has 39 heavy (non-hydrogen) atoms. The summed E-state index contributed by atoms with van der Waals surface area (Å²) < 4.78 is 7.01. The Labute approximate surface area is 232 Å². The molecule has 2 aromatic heterocycles. The van der Waals surface area contributed by atoms with Crippen molar-refractivity contribution in [3.63, 3.8) is 0 Å². The summed E-state index contributed by atoms with van der Waals surface area (Å²) in [6.45, 7) is 11.6. The number of nitrogens with zero attached hydrogens (tertiary/aromatic N) is 3. The minimum atomic E-state index is -0.586. The summed E-state index contributed by atoms with van der Waals surface area (Å²) in [5.74, 6) is 0.447. The molecule has 3 aromatic rings. The molecule has 1 unspecified atom stereocenters. The van der Waals surface area contributed by atoms with Crippen LogP contribution in [0.5, 0.6) is 0 Å². The van der Waals surface area contributed by atoms with Crippen LogP contribution in [-0.2, 0) is 42.1 Å². The number of carbonyl (C=O) groups excluding carboxylic acids is 2. The topological polar surface area (TPSA) is 106 Å². The van der Waals surface area contributed by atoms with Gasteiger partial charge in [0.05, 0.1) is 25.8 Å². The van der Waals surface area contributed by atoms with Gasteiger partial charge < -0.3 is 15.4 Å². The van der Waals surface area contributed by atoms with Crippen LogP contribution in [0.3, 0.4) is 0 Å². The Morgan fingerprint density at radius 3 is 2.54 bits per heavy atom. The van der Waals surface area contributed by atoms with Crippen LogP contribution >= 0.6 is 11.3 Å². The third kappa shape index (κ3) is 6.00. The molecule has 2 amide bonds. The zero-order valence-corrected chi connectivity index (χ0v) is 23.9. The van der Waals surface area contributed by atoms with E-state index in [9.17, 15) is 14.4 Å². The van der Waals surface area contributed by atoms with E-state index in [0.717, 1.165) is 20.9 Å². The smallest absolute Gasteiger partial charge is 0.410 e. The van der Waals surface area contributed by atoms with E-state index >= 15 is 0 Å². The number of fused-ring (bicyclic) bond motifs is 2. The third-order valence-corrected chi connectivity index (χ3v) is 7.98. The summed E-state index contributed by atoms with van der Waals surface area (Å²) in [6.07, 6.45) is 2.38. The fraction of sp³-hybridized carbons (Fsp3) is 0.448. The molecule has 0 radical (unpaired) electrons. The average molecular weight is 550 g/mol. The van der Waals surface area contributed by atoms with Crippen LogP contribution in [0.25, 0.3) is 0 Å². The highest BCUT2D eigenvalue weighted by Crippen LogP contribution is 2.32. The van der Waals surface area contributed by atoms with E-state index in [1.54, 1.807) is 22.4 Å². The van der Waals surface area contributed by atoms with Crippen molar-refractivity contribution in [2.24, 2.45) is 0 Å². The second kappa shape index (κ2) is 10.5. The quantitative estimate of drug-likeness (QED) is 0.466. The third-order valence-electron chi connectivity index (χ3n) is 6.82. The van der Waals surface area contributed by atoms with Gasteiger partial charge in [0.2, 0.25) is 5.91 Å². The highest BCUT2D eigenvalue weighted by Gasteiger charge is 2.32. The van der Waals surface area contributed by atoms with E-state index in [2.05, 4.69) is 33.8 Å². The average Bonchev–Trinajstić information content (AvgIpc) is 3.54. The number of carbonyl (C=O) groups is 2. The Kier molecular flexibility index (Phi) is 7.24. The lowest BCUT2D eigenvalue weighted by molar-refractivity contribution is -0.124. The summed E-state index contributed by atoms with van der Waals surface area (Å²) in [6, 6.07) is 7.74. The summed E-state index contributed by atoms with van der Waals surface area (Å²) in [5, 5.41) is 6.22. The zero-order valence-electron chi connectivity index (χ0n) is 23.1. The number of hydrogen-bond donors (Lipinski definition) is 2. The molecule has 1 aromatic carbocycles. The second-order valence-corrected chi connectivity index (χ2v) is 12.6. The summed E-state index contributed by atoms with van der Waals surface area (Å²) in [4.78, 5) is 47.1. The maximum absolute atomic E-state index is 13.3. The Balaban J connectivity index is 1.20. The minimum Gasteiger partial charge on any atom is -0.444 e. The van der Waals surface area contributed by atoms with E-state index in [1.807, 2.05) is 40.7 Å². The lowest BCUT2D eigenvalue weighted by atomic mass is 10.1. The first kappa shape index (κ1) is 26.9. The number of aromatic nitrogens is 2. The summed E-state index contributed by atoms with van der Waals surface area (Å²) >= 11 is 1.59. The van der Waals surface area contributed by atoms with Crippen molar-refractivity contribution in [1.82, 2.24) is 19.8 Å². The van der Waals surface area contributed by atoms with Crippen LogP contribution in [0.1, 0.15) is 71.1 Å². The fourth-order valence-electron chi connectivity index (χ4n) is 5.21. The number of benzene rings is 1. The standard InChI is InChI=1S/C29H35N5O4S/c1-17-8-18(2)10-19(9-17)12-30-22-14-31-25-7-6-23(34(25)27(22)36)26(35)32-13-21-11-20-15-33(16-24(20)39-21)28(37)38-29(3,4)5/h8-11,14,23,30H,6-7,12-13,15-16H2,1-5H3,(H,32,35). The molecule has 10 heteroatoms. The molecule has 5 rings (SSSR count). The Morgan fingerprint density at radius 2 is 1.85 bits per heavy atom. The van der Waals surface area contributed by atoms with Gasteiger partial charge in [0.15, 0.2) is 0 Å². The van der Waals surface area contributed by atoms with E-state index in [-0.39, 0.29) is 17.6 Å². The monoisotopic (exact) mass is 549 g/mol. The molecule has 0 saturated heterocycles.